The maximum Gasteiger partial charge on any atom is 0.341 e. The minimum atomic E-state index is -0.504. The lowest BCUT2D eigenvalue weighted by atomic mass is 10.1. The van der Waals surface area contributed by atoms with Crippen LogP contribution in [-0.4, -0.2) is 36.0 Å². The fourth-order valence-electron chi connectivity index (χ4n) is 2.76. The van der Waals surface area contributed by atoms with Crippen molar-refractivity contribution in [3.8, 4) is 0 Å². The van der Waals surface area contributed by atoms with Crippen molar-refractivity contribution in [3.63, 3.8) is 0 Å². The molecule has 0 saturated carbocycles. The largest absolute Gasteiger partial charge is 0.462 e. The minimum Gasteiger partial charge on any atom is -0.462 e. The SMILES string of the molecule is CCOC(=O)c1cc(C(C)C)sc1NC(=O)COC(=O)CCc1nc2ccccc2s1. The first-order valence-electron chi connectivity index (χ1n) is 9.98. The van der Waals surface area contributed by atoms with Crippen LogP contribution in [0.3, 0.4) is 0 Å². The summed E-state index contributed by atoms with van der Waals surface area (Å²) in [4.78, 5) is 41.9. The first kappa shape index (κ1) is 22.9. The first-order valence-corrected chi connectivity index (χ1v) is 11.6. The molecule has 0 saturated heterocycles. The van der Waals surface area contributed by atoms with E-state index in [0.717, 1.165) is 20.1 Å². The predicted octanol–water partition coefficient (Wildman–Crippen LogP) is 4.77. The van der Waals surface area contributed by atoms with Gasteiger partial charge in [0.15, 0.2) is 6.61 Å². The van der Waals surface area contributed by atoms with Gasteiger partial charge in [-0.2, -0.15) is 0 Å². The van der Waals surface area contributed by atoms with Gasteiger partial charge in [-0.25, -0.2) is 9.78 Å². The van der Waals surface area contributed by atoms with E-state index in [1.165, 1.54) is 22.7 Å². The molecule has 0 aliphatic carbocycles. The Morgan fingerprint density at radius 1 is 1.13 bits per heavy atom. The van der Waals surface area contributed by atoms with E-state index in [1.54, 1.807) is 13.0 Å². The molecular weight excluding hydrogens is 436 g/mol. The second kappa shape index (κ2) is 10.5. The maximum atomic E-state index is 12.3. The summed E-state index contributed by atoms with van der Waals surface area (Å²) in [5.41, 5.74) is 1.22. The zero-order chi connectivity index (χ0) is 22.4. The van der Waals surface area contributed by atoms with Gasteiger partial charge in [0.1, 0.15) is 5.00 Å². The number of nitrogens with one attached hydrogen (secondary N) is 1. The average molecular weight is 461 g/mol. The number of hydrogen-bond acceptors (Lipinski definition) is 8. The number of hydrogen-bond donors (Lipinski definition) is 1. The number of para-hydroxylation sites is 1. The number of nitrogens with zero attached hydrogens (tertiary/aromatic N) is 1. The van der Waals surface area contributed by atoms with Gasteiger partial charge in [-0.05, 0) is 31.0 Å². The molecule has 0 fully saturated rings. The molecule has 3 rings (SSSR count). The summed E-state index contributed by atoms with van der Waals surface area (Å²) in [5, 5.41) is 3.91. The number of thiophene rings is 1. The highest BCUT2D eigenvalue weighted by atomic mass is 32.1. The lowest BCUT2D eigenvalue weighted by Crippen LogP contribution is -2.21. The maximum absolute atomic E-state index is 12.3. The molecule has 0 unspecified atom stereocenters. The number of amides is 1. The number of aryl methyl sites for hydroxylation is 1. The molecule has 0 spiro atoms. The van der Waals surface area contributed by atoms with Crippen LogP contribution in [0, 0.1) is 0 Å². The van der Waals surface area contributed by atoms with Crippen molar-refractivity contribution >= 4 is 55.7 Å². The Kier molecular flexibility index (Phi) is 7.75. The Hall–Kier alpha value is -2.78. The molecule has 0 radical (unpaired) electrons. The first-order chi connectivity index (χ1) is 14.9. The van der Waals surface area contributed by atoms with Crippen LogP contribution in [0.4, 0.5) is 5.00 Å². The summed E-state index contributed by atoms with van der Waals surface area (Å²) in [6, 6.07) is 9.51. The van der Waals surface area contributed by atoms with Crippen molar-refractivity contribution in [1.29, 1.82) is 0 Å². The quantitative estimate of drug-likeness (QED) is 0.462. The lowest BCUT2D eigenvalue weighted by molar-refractivity contribution is -0.147. The molecule has 1 N–H and O–H groups in total. The van der Waals surface area contributed by atoms with Crippen LogP contribution in [0.15, 0.2) is 30.3 Å². The van der Waals surface area contributed by atoms with Gasteiger partial charge in [0.25, 0.3) is 5.91 Å². The zero-order valence-corrected chi connectivity index (χ0v) is 19.2. The highest BCUT2D eigenvalue weighted by Crippen LogP contribution is 2.33. The van der Waals surface area contributed by atoms with E-state index in [-0.39, 0.29) is 18.9 Å². The second-order valence-electron chi connectivity index (χ2n) is 7.05. The number of esters is 2. The topological polar surface area (TPSA) is 94.6 Å². The lowest BCUT2D eigenvalue weighted by Gasteiger charge is -2.07. The predicted molar refractivity (Wildman–Crippen MR) is 122 cm³/mol. The Morgan fingerprint density at radius 3 is 2.61 bits per heavy atom. The molecule has 9 heteroatoms. The van der Waals surface area contributed by atoms with Crippen LogP contribution in [-0.2, 0) is 25.5 Å². The van der Waals surface area contributed by atoms with E-state index in [1.807, 2.05) is 38.1 Å². The molecule has 3 aromatic rings. The van der Waals surface area contributed by atoms with Gasteiger partial charge in [-0.1, -0.05) is 26.0 Å². The molecule has 7 nitrogen and oxygen atoms in total. The van der Waals surface area contributed by atoms with Gasteiger partial charge >= 0.3 is 11.9 Å². The summed E-state index contributed by atoms with van der Waals surface area (Å²) >= 11 is 2.85. The standard InChI is InChI=1S/C22H24N2O5S2/c1-4-28-22(27)14-11-17(13(2)3)31-21(14)24-18(25)12-29-20(26)10-9-19-23-15-7-5-6-8-16(15)30-19/h5-8,11,13H,4,9-10,12H2,1-3H3,(H,24,25). The minimum absolute atomic E-state index is 0.137. The zero-order valence-electron chi connectivity index (χ0n) is 17.6. The number of carbonyl (C=O) groups is 3. The fourth-order valence-corrected chi connectivity index (χ4v) is 4.80. The van der Waals surface area contributed by atoms with Crippen LogP contribution in [0.25, 0.3) is 10.2 Å². The highest BCUT2D eigenvalue weighted by molar-refractivity contribution is 7.18. The number of aromatic nitrogens is 1. The molecule has 164 valence electrons. The van der Waals surface area contributed by atoms with Gasteiger partial charge in [0.05, 0.1) is 33.8 Å². The van der Waals surface area contributed by atoms with Crippen LogP contribution in [0.1, 0.15) is 53.4 Å². The van der Waals surface area contributed by atoms with Crippen LogP contribution >= 0.6 is 22.7 Å². The Bertz CT molecular complexity index is 1050. The van der Waals surface area contributed by atoms with Gasteiger partial charge in [-0.15, -0.1) is 22.7 Å². The van der Waals surface area contributed by atoms with E-state index < -0.39 is 24.5 Å². The number of thiazole rings is 1. The van der Waals surface area contributed by atoms with Crippen molar-refractivity contribution in [1.82, 2.24) is 4.98 Å². The van der Waals surface area contributed by atoms with E-state index in [9.17, 15) is 14.4 Å². The van der Waals surface area contributed by atoms with Crippen LogP contribution < -0.4 is 5.32 Å². The third-order valence-electron chi connectivity index (χ3n) is 4.31. The smallest absolute Gasteiger partial charge is 0.341 e. The summed E-state index contributed by atoms with van der Waals surface area (Å²) in [7, 11) is 0. The van der Waals surface area contributed by atoms with E-state index in [4.69, 9.17) is 9.47 Å². The molecule has 31 heavy (non-hydrogen) atoms. The number of fused-ring (bicyclic) bond motifs is 1. The van der Waals surface area contributed by atoms with Crippen molar-refractivity contribution in [2.75, 3.05) is 18.5 Å². The number of benzene rings is 1. The third kappa shape index (κ3) is 6.11. The number of anilines is 1. The van der Waals surface area contributed by atoms with Crippen molar-refractivity contribution in [2.24, 2.45) is 0 Å². The normalized spacial score (nSPS) is 11.0. The van der Waals surface area contributed by atoms with Crippen molar-refractivity contribution in [3.05, 3.63) is 45.8 Å². The molecule has 1 aromatic carbocycles. The van der Waals surface area contributed by atoms with Gasteiger partial charge in [0.2, 0.25) is 0 Å². The van der Waals surface area contributed by atoms with E-state index >= 15 is 0 Å². The Morgan fingerprint density at radius 2 is 1.90 bits per heavy atom. The average Bonchev–Trinajstić information content (AvgIpc) is 3.35. The van der Waals surface area contributed by atoms with Gasteiger partial charge in [-0.3, -0.25) is 9.59 Å². The molecule has 0 bridgehead atoms. The summed E-state index contributed by atoms with van der Waals surface area (Å²) in [6.45, 7) is 5.54. The monoisotopic (exact) mass is 460 g/mol. The van der Waals surface area contributed by atoms with E-state index in [0.29, 0.717) is 17.0 Å². The molecule has 1 amide bonds. The highest BCUT2D eigenvalue weighted by Gasteiger charge is 2.20. The molecule has 2 aromatic heterocycles. The van der Waals surface area contributed by atoms with Crippen molar-refractivity contribution < 1.29 is 23.9 Å². The Balaban J connectivity index is 1.52. The second-order valence-corrected chi connectivity index (χ2v) is 9.25. The molecular formula is C22H24N2O5S2. The van der Waals surface area contributed by atoms with Gasteiger partial charge < -0.3 is 14.8 Å². The molecule has 0 aliphatic rings. The van der Waals surface area contributed by atoms with Gasteiger partial charge in [0, 0.05) is 11.3 Å². The fraction of sp³-hybridized carbons (Fsp3) is 0.364. The van der Waals surface area contributed by atoms with Crippen LogP contribution in [0.5, 0.6) is 0 Å². The number of carbonyl (C=O) groups excluding carboxylic acids is 3. The summed E-state index contributed by atoms with van der Waals surface area (Å²) < 4.78 is 11.2. The Labute approximate surface area is 188 Å². The molecule has 2 heterocycles. The number of rotatable bonds is 9. The van der Waals surface area contributed by atoms with Crippen molar-refractivity contribution in [2.45, 2.75) is 39.5 Å². The third-order valence-corrected chi connectivity index (χ3v) is 6.76. The molecule has 0 atom stereocenters. The number of ether oxygens (including phenoxy) is 2. The summed E-state index contributed by atoms with van der Waals surface area (Å²) in [6.07, 6.45) is 0.590. The van der Waals surface area contributed by atoms with Crippen LogP contribution in [0.2, 0.25) is 0 Å². The molecule has 0 aliphatic heterocycles. The van der Waals surface area contributed by atoms with E-state index in [2.05, 4.69) is 10.3 Å². The summed E-state index contributed by atoms with van der Waals surface area (Å²) in [5.74, 6) is -1.27.